The summed E-state index contributed by atoms with van der Waals surface area (Å²) in [5, 5.41) is 0.863. The Hall–Kier alpha value is -5.65. The molecule has 240 valence electrons. The summed E-state index contributed by atoms with van der Waals surface area (Å²) in [5.41, 5.74) is 0.890. The van der Waals surface area contributed by atoms with Crippen LogP contribution >= 0.6 is 0 Å². The summed E-state index contributed by atoms with van der Waals surface area (Å²) in [4.78, 5) is 14.6. The number of hydrogen-bond acceptors (Lipinski definition) is 7. The summed E-state index contributed by atoms with van der Waals surface area (Å²) < 4.78 is 70.2. The molecule has 9 nitrogen and oxygen atoms in total. The maximum atomic E-state index is 14.7. The fourth-order valence-electron chi connectivity index (χ4n) is 5.64. The molecule has 11 heteroatoms. The average molecular weight is 677 g/mol. The zero-order valence-electron chi connectivity index (χ0n) is 25.6. The normalized spacial score (nSPS) is 11.9. The lowest BCUT2D eigenvalue weighted by Gasteiger charge is -2.14. The Morgan fingerprint density at radius 1 is 0.562 bits per heavy atom. The topological polar surface area (TPSA) is 114 Å². The Labute approximate surface area is 277 Å². The van der Waals surface area contributed by atoms with Crippen molar-refractivity contribution in [2.45, 2.75) is 16.4 Å². The molecule has 48 heavy (non-hydrogen) atoms. The van der Waals surface area contributed by atoms with Gasteiger partial charge < -0.3 is 9.47 Å². The molecule has 0 unspecified atom stereocenters. The molecule has 0 fully saturated rings. The fourth-order valence-corrected chi connectivity index (χ4v) is 8.70. The number of rotatable bonds is 10. The SMILES string of the molecule is COc1ccc2cc(C(=O)c3cc4cc(OCc5ccccc5)ccc4n3S(=O)(=O)c3ccccc3)n(S(=O)(=O)c3ccccc3)c2c1. The minimum absolute atomic E-state index is 0.0388. The first-order valence-electron chi connectivity index (χ1n) is 14.9. The highest BCUT2D eigenvalue weighted by molar-refractivity contribution is 7.90. The Bertz CT molecular complexity index is 2530. The van der Waals surface area contributed by atoms with Gasteiger partial charge in [-0.05, 0) is 72.3 Å². The van der Waals surface area contributed by atoms with Gasteiger partial charge in [-0.1, -0.05) is 66.7 Å². The van der Waals surface area contributed by atoms with E-state index in [4.69, 9.17) is 9.47 Å². The summed E-state index contributed by atoms with van der Waals surface area (Å²) >= 11 is 0. The second-order valence-corrected chi connectivity index (χ2v) is 14.5. The van der Waals surface area contributed by atoms with Crippen molar-refractivity contribution in [3.05, 3.63) is 156 Å². The van der Waals surface area contributed by atoms with Gasteiger partial charge in [-0.25, -0.2) is 24.8 Å². The average Bonchev–Trinajstić information content (AvgIpc) is 3.71. The zero-order chi connectivity index (χ0) is 33.5. The van der Waals surface area contributed by atoms with Gasteiger partial charge in [0.25, 0.3) is 20.0 Å². The van der Waals surface area contributed by atoms with Crippen molar-refractivity contribution in [2.75, 3.05) is 7.11 Å². The second-order valence-electron chi connectivity index (χ2n) is 11.0. The van der Waals surface area contributed by atoms with Crippen LogP contribution in [0.25, 0.3) is 21.8 Å². The van der Waals surface area contributed by atoms with Crippen molar-refractivity contribution in [1.82, 2.24) is 7.94 Å². The van der Waals surface area contributed by atoms with E-state index in [1.165, 1.54) is 49.6 Å². The first kappa shape index (κ1) is 31.0. The lowest BCUT2D eigenvalue weighted by Crippen LogP contribution is -2.23. The Kier molecular flexibility index (Phi) is 7.86. The molecule has 0 radical (unpaired) electrons. The van der Waals surface area contributed by atoms with Gasteiger partial charge in [0.05, 0.1) is 27.9 Å². The summed E-state index contributed by atoms with van der Waals surface area (Å²) in [6.07, 6.45) is 0. The summed E-state index contributed by atoms with van der Waals surface area (Å²) in [6.45, 7) is 0.280. The zero-order valence-corrected chi connectivity index (χ0v) is 27.2. The third-order valence-corrected chi connectivity index (χ3v) is 11.5. The van der Waals surface area contributed by atoms with Crippen LogP contribution < -0.4 is 9.47 Å². The van der Waals surface area contributed by atoms with E-state index in [9.17, 15) is 21.6 Å². The van der Waals surface area contributed by atoms with Crippen LogP contribution in [-0.2, 0) is 26.7 Å². The minimum atomic E-state index is -4.34. The van der Waals surface area contributed by atoms with Gasteiger partial charge in [0.2, 0.25) is 5.78 Å². The van der Waals surface area contributed by atoms with Crippen molar-refractivity contribution in [3.63, 3.8) is 0 Å². The molecule has 2 aromatic heterocycles. The summed E-state index contributed by atoms with van der Waals surface area (Å²) in [5.74, 6) is 0.0347. The molecule has 0 amide bonds. The molecule has 0 N–H and O–H groups in total. The van der Waals surface area contributed by atoms with E-state index < -0.39 is 25.8 Å². The van der Waals surface area contributed by atoms with E-state index >= 15 is 0 Å². The van der Waals surface area contributed by atoms with Gasteiger partial charge in [0, 0.05) is 16.8 Å². The number of methoxy groups -OCH3 is 1. The molecule has 5 aromatic carbocycles. The fraction of sp³-hybridized carbons (Fsp3) is 0.0541. The van der Waals surface area contributed by atoms with E-state index in [-0.39, 0.29) is 38.8 Å². The third-order valence-electron chi connectivity index (χ3n) is 7.97. The molecule has 2 heterocycles. The van der Waals surface area contributed by atoms with Crippen molar-refractivity contribution >= 4 is 47.6 Å². The Morgan fingerprint density at radius 2 is 1.08 bits per heavy atom. The number of aromatic nitrogens is 2. The van der Waals surface area contributed by atoms with Gasteiger partial charge in [-0.3, -0.25) is 4.79 Å². The molecule has 0 bridgehead atoms. The van der Waals surface area contributed by atoms with E-state index in [1.807, 2.05) is 30.3 Å². The van der Waals surface area contributed by atoms with Crippen LogP contribution in [0.15, 0.2) is 149 Å². The highest BCUT2D eigenvalue weighted by atomic mass is 32.2. The maximum Gasteiger partial charge on any atom is 0.268 e. The second kappa shape index (κ2) is 12.2. The van der Waals surface area contributed by atoms with Crippen molar-refractivity contribution in [3.8, 4) is 11.5 Å². The van der Waals surface area contributed by atoms with E-state index in [0.717, 1.165) is 13.5 Å². The quantitative estimate of drug-likeness (QED) is 0.145. The number of nitrogens with zero attached hydrogens (tertiary/aromatic N) is 2. The first-order valence-corrected chi connectivity index (χ1v) is 17.7. The Balaban J connectivity index is 1.44. The maximum absolute atomic E-state index is 14.7. The third kappa shape index (κ3) is 5.42. The molecular formula is C37H28N2O7S2. The smallest absolute Gasteiger partial charge is 0.268 e. The molecule has 0 aliphatic rings. The van der Waals surface area contributed by atoms with E-state index in [1.54, 1.807) is 66.7 Å². The molecule has 0 saturated carbocycles. The van der Waals surface area contributed by atoms with Gasteiger partial charge in [-0.2, -0.15) is 0 Å². The van der Waals surface area contributed by atoms with Crippen LogP contribution in [0.2, 0.25) is 0 Å². The lowest BCUT2D eigenvalue weighted by atomic mass is 10.2. The molecule has 7 aromatic rings. The Morgan fingerprint density at radius 3 is 1.67 bits per heavy atom. The van der Waals surface area contributed by atoms with Crippen LogP contribution in [-0.4, -0.2) is 37.7 Å². The van der Waals surface area contributed by atoms with Gasteiger partial charge >= 0.3 is 0 Å². The molecule has 0 saturated heterocycles. The number of fused-ring (bicyclic) bond motifs is 2. The van der Waals surface area contributed by atoms with E-state index in [2.05, 4.69) is 0 Å². The number of hydrogen-bond donors (Lipinski definition) is 0. The first-order chi connectivity index (χ1) is 23.2. The number of ether oxygens (including phenoxy) is 2. The van der Waals surface area contributed by atoms with Crippen molar-refractivity contribution < 1.29 is 31.1 Å². The molecule has 7 rings (SSSR count). The predicted molar refractivity (Wildman–Crippen MR) is 183 cm³/mol. The standard InChI is InChI=1S/C37H28N2O7S2/c1-45-29-18-17-27-22-35(39(34(27)24-29)48(43,44)32-15-9-4-10-16-32)37(40)36-23-28-21-30(46-25-26-11-5-2-6-12-26)19-20-33(28)38(36)47(41,42)31-13-7-3-8-14-31/h2-24H,25H2,1H3. The van der Waals surface area contributed by atoms with Crippen LogP contribution in [0.5, 0.6) is 11.5 Å². The molecule has 0 aliphatic carbocycles. The van der Waals surface area contributed by atoms with Gasteiger partial charge in [0.1, 0.15) is 29.5 Å². The van der Waals surface area contributed by atoms with Crippen molar-refractivity contribution in [1.29, 1.82) is 0 Å². The molecule has 0 atom stereocenters. The monoisotopic (exact) mass is 676 g/mol. The predicted octanol–water partition coefficient (Wildman–Crippen LogP) is 6.89. The molecule has 0 spiro atoms. The molecule has 0 aliphatic heterocycles. The van der Waals surface area contributed by atoms with Crippen LogP contribution in [0.3, 0.4) is 0 Å². The number of carbonyl (C=O) groups excluding carboxylic acids is 1. The van der Waals surface area contributed by atoms with Crippen LogP contribution in [0.1, 0.15) is 21.7 Å². The molecular weight excluding hydrogens is 649 g/mol. The summed E-state index contributed by atoms with van der Waals surface area (Å²) in [6, 6.07) is 37.7. The minimum Gasteiger partial charge on any atom is -0.497 e. The van der Waals surface area contributed by atoms with Crippen molar-refractivity contribution in [2.24, 2.45) is 0 Å². The largest absolute Gasteiger partial charge is 0.497 e. The summed E-state index contributed by atoms with van der Waals surface area (Å²) in [7, 11) is -7.22. The highest BCUT2D eigenvalue weighted by Crippen LogP contribution is 2.34. The number of ketones is 1. The van der Waals surface area contributed by atoms with E-state index in [0.29, 0.717) is 22.3 Å². The number of carbonyl (C=O) groups is 1. The highest BCUT2D eigenvalue weighted by Gasteiger charge is 2.32. The van der Waals surface area contributed by atoms with Crippen LogP contribution in [0.4, 0.5) is 0 Å². The lowest BCUT2D eigenvalue weighted by molar-refractivity contribution is 0.102. The van der Waals surface area contributed by atoms with Gasteiger partial charge in [0.15, 0.2) is 0 Å². The van der Waals surface area contributed by atoms with Gasteiger partial charge in [-0.15, -0.1) is 0 Å². The van der Waals surface area contributed by atoms with Crippen LogP contribution in [0, 0.1) is 0 Å². The number of benzene rings is 5.